The van der Waals surface area contributed by atoms with E-state index in [2.05, 4.69) is 19.2 Å². The molecule has 0 aliphatic rings. The predicted molar refractivity (Wildman–Crippen MR) is 73.2 cm³/mol. The van der Waals surface area contributed by atoms with Gasteiger partial charge in [-0.1, -0.05) is 13.8 Å². The molecule has 0 spiro atoms. The number of carbonyl (C=O) groups excluding carboxylic acids is 1. The number of carboxylic acid groups (broad SMARTS) is 1. The van der Waals surface area contributed by atoms with E-state index >= 15 is 0 Å². The van der Waals surface area contributed by atoms with Crippen LogP contribution in [-0.4, -0.2) is 55.9 Å². The predicted octanol–water partition coefficient (Wildman–Crippen LogP) is 1.56. The van der Waals surface area contributed by atoms with Crippen molar-refractivity contribution in [2.75, 3.05) is 33.9 Å². The number of urea groups is 1. The number of methoxy groups -OCH3 is 1. The van der Waals surface area contributed by atoms with E-state index in [1.807, 2.05) is 0 Å². The van der Waals surface area contributed by atoms with E-state index in [1.54, 1.807) is 14.2 Å². The molecule has 6 heteroatoms. The van der Waals surface area contributed by atoms with Crippen LogP contribution in [0.5, 0.6) is 0 Å². The van der Waals surface area contributed by atoms with Gasteiger partial charge in [-0.15, -0.1) is 0 Å². The zero-order valence-electron chi connectivity index (χ0n) is 12.4. The van der Waals surface area contributed by atoms with Crippen molar-refractivity contribution in [1.29, 1.82) is 0 Å². The van der Waals surface area contributed by atoms with Gasteiger partial charge in [-0.3, -0.25) is 4.79 Å². The van der Waals surface area contributed by atoms with E-state index in [0.717, 1.165) is 12.8 Å². The summed E-state index contributed by atoms with van der Waals surface area (Å²) in [5.41, 5.74) is 0.106. The van der Waals surface area contributed by atoms with Crippen molar-refractivity contribution < 1.29 is 19.4 Å². The Balaban J connectivity index is 3.76. The highest BCUT2D eigenvalue weighted by Gasteiger charge is 2.17. The zero-order valence-corrected chi connectivity index (χ0v) is 12.4. The standard InChI is InChI=1S/C13H26N2O4/c1-13(2,10-19-4)7-5-8-14-12(18)15(3)9-6-11(16)17/h5-10H2,1-4H3,(H,14,18)(H,16,17). The number of amides is 2. The quantitative estimate of drug-likeness (QED) is 0.625. The maximum Gasteiger partial charge on any atom is 0.317 e. The van der Waals surface area contributed by atoms with Gasteiger partial charge in [-0.25, -0.2) is 4.79 Å². The van der Waals surface area contributed by atoms with E-state index in [0.29, 0.717) is 13.2 Å². The second-order valence-corrected chi connectivity index (χ2v) is 5.50. The summed E-state index contributed by atoms with van der Waals surface area (Å²) in [5, 5.41) is 11.3. The highest BCUT2D eigenvalue weighted by Crippen LogP contribution is 2.21. The monoisotopic (exact) mass is 274 g/mol. The number of rotatable bonds is 9. The maximum absolute atomic E-state index is 11.6. The Hall–Kier alpha value is -1.30. The van der Waals surface area contributed by atoms with Gasteiger partial charge in [0.25, 0.3) is 0 Å². The molecule has 112 valence electrons. The fourth-order valence-corrected chi connectivity index (χ4v) is 1.73. The lowest BCUT2D eigenvalue weighted by molar-refractivity contribution is -0.137. The first-order chi connectivity index (χ1) is 8.78. The number of ether oxygens (including phenoxy) is 1. The molecule has 19 heavy (non-hydrogen) atoms. The Morgan fingerprint density at radius 1 is 1.37 bits per heavy atom. The molecule has 0 aromatic carbocycles. The van der Waals surface area contributed by atoms with E-state index < -0.39 is 5.97 Å². The smallest absolute Gasteiger partial charge is 0.317 e. The van der Waals surface area contributed by atoms with Crippen LogP contribution >= 0.6 is 0 Å². The molecule has 0 aromatic rings. The van der Waals surface area contributed by atoms with Crippen LogP contribution < -0.4 is 5.32 Å². The minimum Gasteiger partial charge on any atom is -0.481 e. The van der Waals surface area contributed by atoms with E-state index in [-0.39, 0.29) is 24.4 Å². The number of hydrogen-bond donors (Lipinski definition) is 2. The van der Waals surface area contributed by atoms with Crippen LogP contribution in [0.15, 0.2) is 0 Å². The lowest BCUT2D eigenvalue weighted by Gasteiger charge is -2.23. The molecular weight excluding hydrogens is 248 g/mol. The third-order valence-corrected chi connectivity index (χ3v) is 2.85. The van der Waals surface area contributed by atoms with Crippen molar-refractivity contribution in [2.24, 2.45) is 5.41 Å². The average Bonchev–Trinajstić information content (AvgIpc) is 2.31. The van der Waals surface area contributed by atoms with E-state index in [9.17, 15) is 9.59 Å². The van der Waals surface area contributed by atoms with Gasteiger partial charge in [0, 0.05) is 27.2 Å². The van der Waals surface area contributed by atoms with Crippen molar-refractivity contribution in [1.82, 2.24) is 10.2 Å². The fourth-order valence-electron chi connectivity index (χ4n) is 1.73. The first-order valence-electron chi connectivity index (χ1n) is 6.48. The minimum atomic E-state index is -0.902. The summed E-state index contributed by atoms with van der Waals surface area (Å²) >= 11 is 0. The Labute approximate surface area is 115 Å². The molecule has 0 atom stereocenters. The summed E-state index contributed by atoms with van der Waals surface area (Å²) < 4.78 is 5.13. The molecule has 0 radical (unpaired) electrons. The Morgan fingerprint density at radius 2 is 2.00 bits per heavy atom. The van der Waals surface area contributed by atoms with Gasteiger partial charge in [0.15, 0.2) is 0 Å². The van der Waals surface area contributed by atoms with E-state index in [4.69, 9.17) is 9.84 Å². The summed E-state index contributed by atoms with van der Waals surface area (Å²) in [4.78, 5) is 23.4. The second kappa shape index (κ2) is 8.74. The first kappa shape index (κ1) is 17.7. The Bertz CT molecular complexity index is 292. The molecular formula is C13H26N2O4. The lowest BCUT2D eigenvalue weighted by Crippen LogP contribution is -2.39. The summed E-state index contributed by atoms with van der Waals surface area (Å²) in [7, 11) is 3.27. The third kappa shape index (κ3) is 9.30. The molecule has 6 nitrogen and oxygen atoms in total. The van der Waals surface area contributed by atoms with Gasteiger partial charge in [0.1, 0.15) is 0 Å². The van der Waals surface area contributed by atoms with Gasteiger partial charge in [-0.05, 0) is 18.3 Å². The third-order valence-electron chi connectivity index (χ3n) is 2.85. The number of aliphatic carboxylic acids is 1. The molecule has 0 unspecified atom stereocenters. The number of hydrogen-bond acceptors (Lipinski definition) is 3. The van der Waals surface area contributed by atoms with Gasteiger partial charge < -0.3 is 20.1 Å². The molecule has 0 bridgehead atoms. The fraction of sp³-hybridized carbons (Fsp3) is 0.846. The number of carboxylic acids is 1. The van der Waals surface area contributed by atoms with Gasteiger partial charge in [0.2, 0.25) is 0 Å². The largest absolute Gasteiger partial charge is 0.481 e. The van der Waals surface area contributed by atoms with Gasteiger partial charge in [0.05, 0.1) is 13.0 Å². The zero-order chi connectivity index (χ0) is 14.9. The van der Waals surface area contributed by atoms with Crippen LogP contribution in [-0.2, 0) is 9.53 Å². The molecule has 0 fully saturated rings. The van der Waals surface area contributed by atoms with Crippen molar-refractivity contribution >= 4 is 12.0 Å². The highest BCUT2D eigenvalue weighted by atomic mass is 16.5. The first-order valence-corrected chi connectivity index (χ1v) is 6.48. The molecule has 0 heterocycles. The van der Waals surface area contributed by atoms with Gasteiger partial charge >= 0.3 is 12.0 Å². The molecule has 0 rings (SSSR count). The van der Waals surface area contributed by atoms with Crippen molar-refractivity contribution in [3.8, 4) is 0 Å². The summed E-state index contributed by atoms with van der Waals surface area (Å²) in [6.45, 7) is 5.74. The Morgan fingerprint density at radius 3 is 2.53 bits per heavy atom. The van der Waals surface area contributed by atoms with Crippen LogP contribution in [0.25, 0.3) is 0 Å². The SMILES string of the molecule is COCC(C)(C)CCCNC(=O)N(C)CCC(=O)O. The van der Waals surface area contributed by atoms with Crippen LogP contribution in [0.3, 0.4) is 0 Å². The number of nitrogens with zero attached hydrogens (tertiary/aromatic N) is 1. The maximum atomic E-state index is 11.6. The molecule has 0 aliphatic carbocycles. The summed E-state index contributed by atoms with van der Waals surface area (Å²) in [6, 6.07) is -0.231. The molecule has 0 aliphatic heterocycles. The topological polar surface area (TPSA) is 78.9 Å². The molecule has 2 amide bonds. The average molecular weight is 274 g/mol. The Kier molecular flexibility index (Phi) is 8.14. The highest BCUT2D eigenvalue weighted by molar-refractivity contribution is 5.74. The minimum absolute atomic E-state index is 0.0369. The molecule has 0 saturated heterocycles. The second-order valence-electron chi connectivity index (χ2n) is 5.50. The lowest BCUT2D eigenvalue weighted by atomic mass is 9.89. The van der Waals surface area contributed by atoms with Crippen LogP contribution in [0.4, 0.5) is 4.79 Å². The molecule has 0 aromatic heterocycles. The van der Waals surface area contributed by atoms with Crippen LogP contribution in [0.1, 0.15) is 33.1 Å². The summed E-state index contributed by atoms with van der Waals surface area (Å²) in [5.74, 6) is -0.902. The molecule has 0 saturated carbocycles. The molecule has 2 N–H and O–H groups in total. The van der Waals surface area contributed by atoms with Gasteiger partial charge in [-0.2, -0.15) is 0 Å². The van der Waals surface area contributed by atoms with Crippen LogP contribution in [0, 0.1) is 5.41 Å². The van der Waals surface area contributed by atoms with Crippen molar-refractivity contribution in [3.05, 3.63) is 0 Å². The number of nitrogens with one attached hydrogen (secondary N) is 1. The van der Waals surface area contributed by atoms with E-state index in [1.165, 1.54) is 4.90 Å². The van der Waals surface area contributed by atoms with Crippen LogP contribution in [0.2, 0.25) is 0 Å². The summed E-state index contributed by atoms with van der Waals surface area (Å²) in [6.07, 6.45) is 1.79. The number of carbonyl (C=O) groups is 2. The van der Waals surface area contributed by atoms with Crippen molar-refractivity contribution in [2.45, 2.75) is 33.1 Å². The van der Waals surface area contributed by atoms with Crippen molar-refractivity contribution in [3.63, 3.8) is 0 Å². The normalized spacial score (nSPS) is 11.2.